The first-order valence-electron chi connectivity index (χ1n) is 3.88. The van der Waals surface area contributed by atoms with Crippen LogP contribution in [-0.2, 0) is 0 Å². The average Bonchev–Trinajstić information content (AvgIpc) is 2.06. The van der Waals surface area contributed by atoms with E-state index in [4.69, 9.17) is 23.2 Å². The summed E-state index contributed by atoms with van der Waals surface area (Å²) in [5.41, 5.74) is 0. The van der Waals surface area contributed by atoms with Gasteiger partial charge in [0.05, 0.1) is 4.23 Å². The summed E-state index contributed by atoms with van der Waals surface area (Å²) in [7, 11) is 0. The summed E-state index contributed by atoms with van der Waals surface area (Å²) in [6.45, 7) is 2.28. The zero-order chi connectivity index (χ0) is 8.32. The van der Waals surface area contributed by atoms with Crippen molar-refractivity contribution in [3.63, 3.8) is 0 Å². The fourth-order valence-corrected chi connectivity index (χ4v) is 1.48. The normalized spacial score (nSPS) is 17.5. The number of rotatable bonds is 2. The van der Waals surface area contributed by atoms with Gasteiger partial charge in [-0.1, -0.05) is 25.2 Å². The zero-order valence-electron chi connectivity index (χ0n) is 6.56. The van der Waals surface area contributed by atoms with E-state index in [9.17, 15) is 0 Å². The summed E-state index contributed by atoms with van der Waals surface area (Å²) in [4.78, 5) is 0. The topological polar surface area (TPSA) is 0 Å². The van der Waals surface area contributed by atoms with Crippen LogP contribution in [0.1, 0.15) is 13.3 Å². The van der Waals surface area contributed by atoms with Crippen LogP contribution in [0.3, 0.4) is 0 Å². The van der Waals surface area contributed by atoms with Gasteiger partial charge in [0.25, 0.3) is 0 Å². The van der Waals surface area contributed by atoms with Crippen LogP contribution in [0.25, 0.3) is 0 Å². The molecule has 0 nitrogen and oxygen atoms in total. The van der Waals surface area contributed by atoms with Crippen LogP contribution in [0, 0.1) is 0 Å². The Bertz CT molecular complexity index is 185. The van der Waals surface area contributed by atoms with E-state index in [1.54, 1.807) is 0 Å². The summed E-state index contributed by atoms with van der Waals surface area (Å²) in [5.74, 6) is 2.07. The van der Waals surface area contributed by atoms with Crippen LogP contribution in [0.4, 0.5) is 0 Å². The Hall–Kier alpha value is 0.125. The van der Waals surface area contributed by atoms with Crippen molar-refractivity contribution in [1.29, 1.82) is 0 Å². The standard InChI is InChI=1S/C8H11BCl2/c1-2-8(10,11)9-6-4-3-5-7-9/h3-6H,2,7H2,1H3. The van der Waals surface area contributed by atoms with Crippen molar-refractivity contribution >= 4 is 29.9 Å². The lowest BCUT2D eigenvalue weighted by Gasteiger charge is -2.23. The van der Waals surface area contributed by atoms with Crippen LogP contribution < -0.4 is 0 Å². The van der Waals surface area contributed by atoms with Gasteiger partial charge in [0.1, 0.15) is 0 Å². The highest BCUT2D eigenvalue weighted by atomic mass is 35.5. The zero-order valence-corrected chi connectivity index (χ0v) is 8.07. The summed E-state index contributed by atoms with van der Waals surface area (Å²) in [5, 5.41) is 0. The number of hydrogen-bond donors (Lipinski definition) is 0. The van der Waals surface area contributed by atoms with E-state index < -0.39 is 4.23 Å². The first kappa shape index (κ1) is 9.21. The molecule has 1 aliphatic rings. The van der Waals surface area contributed by atoms with Crippen LogP contribution in [0.5, 0.6) is 0 Å². The van der Waals surface area contributed by atoms with Gasteiger partial charge in [0.15, 0.2) is 0 Å². The van der Waals surface area contributed by atoms with Gasteiger partial charge in [-0.2, -0.15) is 0 Å². The van der Waals surface area contributed by atoms with Gasteiger partial charge in [0, 0.05) is 0 Å². The minimum absolute atomic E-state index is 0.279. The molecule has 0 bridgehead atoms. The first-order valence-corrected chi connectivity index (χ1v) is 4.63. The van der Waals surface area contributed by atoms with Gasteiger partial charge < -0.3 is 0 Å². The molecule has 0 amide bonds. The van der Waals surface area contributed by atoms with Gasteiger partial charge in [-0.05, 0) is 12.7 Å². The van der Waals surface area contributed by atoms with E-state index in [0.29, 0.717) is 0 Å². The summed E-state index contributed by atoms with van der Waals surface area (Å²) in [6.07, 6.45) is 7.87. The van der Waals surface area contributed by atoms with E-state index in [2.05, 4.69) is 12.1 Å². The Balaban J connectivity index is 2.61. The molecule has 0 N–H and O–H groups in total. The average molecular weight is 189 g/mol. The number of allylic oxidation sites excluding steroid dienone is 3. The third kappa shape index (κ3) is 2.28. The van der Waals surface area contributed by atoms with E-state index in [1.165, 1.54) is 0 Å². The van der Waals surface area contributed by atoms with Crippen LogP contribution in [0.2, 0.25) is 6.32 Å². The molecule has 1 heterocycles. The molecule has 60 valence electrons. The minimum atomic E-state index is -0.582. The maximum atomic E-state index is 6.08. The van der Waals surface area contributed by atoms with Crippen LogP contribution in [-0.4, -0.2) is 10.9 Å². The summed E-state index contributed by atoms with van der Waals surface area (Å²) in [6, 6.07) is 0. The quantitative estimate of drug-likeness (QED) is 0.461. The molecule has 0 spiro atoms. The van der Waals surface area contributed by atoms with Crippen molar-refractivity contribution in [2.24, 2.45) is 0 Å². The van der Waals surface area contributed by atoms with Crippen molar-refractivity contribution in [3.8, 4) is 0 Å². The van der Waals surface area contributed by atoms with Crippen molar-refractivity contribution < 1.29 is 0 Å². The molecule has 0 aromatic carbocycles. The van der Waals surface area contributed by atoms with E-state index in [0.717, 1.165) is 12.7 Å². The summed E-state index contributed by atoms with van der Waals surface area (Å²) >= 11 is 12.2. The Morgan fingerprint density at radius 1 is 1.45 bits per heavy atom. The summed E-state index contributed by atoms with van der Waals surface area (Å²) < 4.78 is -0.582. The first-order chi connectivity index (χ1) is 5.17. The largest absolute Gasteiger partial charge is 0.214 e. The van der Waals surface area contributed by atoms with Crippen molar-refractivity contribution in [2.75, 3.05) is 0 Å². The second-order valence-electron chi connectivity index (χ2n) is 2.77. The lowest BCUT2D eigenvalue weighted by atomic mass is 9.42. The fourth-order valence-electron chi connectivity index (χ4n) is 1.16. The molecule has 1 aliphatic heterocycles. The Morgan fingerprint density at radius 3 is 2.64 bits per heavy atom. The third-order valence-corrected chi connectivity index (χ3v) is 3.09. The van der Waals surface area contributed by atoms with Crippen molar-refractivity contribution in [2.45, 2.75) is 23.9 Å². The molecule has 1 rings (SSSR count). The molecule has 0 aromatic rings. The molecule has 0 saturated carbocycles. The monoisotopic (exact) mass is 188 g/mol. The lowest BCUT2D eigenvalue weighted by Crippen LogP contribution is -2.33. The van der Waals surface area contributed by atoms with E-state index >= 15 is 0 Å². The third-order valence-electron chi connectivity index (χ3n) is 1.99. The molecular weight excluding hydrogens is 178 g/mol. The molecule has 0 atom stereocenters. The molecule has 0 fully saturated rings. The molecule has 0 unspecified atom stereocenters. The molecule has 11 heavy (non-hydrogen) atoms. The molecule has 3 heteroatoms. The van der Waals surface area contributed by atoms with Gasteiger partial charge in [-0.15, -0.1) is 29.2 Å². The Labute approximate surface area is 78.3 Å². The van der Waals surface area contributed by atoms with Crippen molar-refractivity contribution in [3.05, 3.63) is 24.2 Å². The maximum absolute atomic E-state index is 6.08. The highest BCUT2D eigenvalue weighted by Crippen LogP contribution is 2.31. The highest BCUT2D eigenvalue weighted by Gasteiger charge is 2.33. The number of alkyl halides is 2. The van der Waals surface area contributed by atoms with E-state index in [-0.39, 0.29) is 6.71 Å². The predicted octanol–water partition coefficient (Wildman–Crippen LogP) is 3.27. The second-order valence-corrected chi connectivity index (χ2v) is 4.31. The van der Waals surface area contributed by atoms with Crippen LogP contribution >= 0.6 is 23.2 Å². The lowest BCUT2D eigenvalue weighted by molar-refractivity contribution is 0.949. The predicted molar refractivity (Wildman–Crippen MR) is 53.6 cm³/mol. The van der Waals surface area contributed by atoms with Gasteiger partial charge in [0.2, 0.25) is 6.71 Å². The molecule has 0 saturated heterocycles. The fraction of sp³-hybridized carbons (Fsp3) is 0.500. The molecule has 0 radical (unpaired) electrons. The molecule has 0 aromatic heterocycles. The van der Waals surface area contributed by atoms with Crippen LogP contribution in [0.15, 0.2) is 24.2 Å². The van der Waals surface area contributed by atoms with Gasteiger partial charge >= 0.3 is 0 Å². The number of halogens is 2. The van der Waals surface area contributed by atoms with Crippen molar-refractivity contribution in [1.82, 2.24) is 0 Å². The SMILES string of the molecule is CCC(Cl)(Cl)B1C=CC=CC1. The Morgan fingerprint density at radius 2 is 2.18 bits per heavy atom. The van der Waals surface area contributed by atoms with E-state index in [1.807, 2.05) is 19.1 Å². The molecular formula is C8H11BCl2. The van der Waals surface area contributed by atoms with Gasteiger partial charge in [-0.3, -0.25) is 0 Å². The van der Waals surface area contributed by atoms with Gasteiger partial charge in [-0.25, -0.2) is 0 Å². The minimum Gasteiger partial charge on any atom is -0.111 e. The Kier molecular flexibility index (Phi) is 3.09. The smallest absolute Gasteiger partial charge is 0.111 e. The number of hydrogen-bond acceptors (Lipinski definition) is 0. The maximum Gasteiger partial charge on any atom is 0.214 e. The second kappa shape index (κ2) is 3.69. The molecule has 0 aliphatic carbocycles. The highest BCUT2D eigenvalue weighted by molar-refractivity contribution is 6.86.